The molecule has 2 heterocycles. The van der Waals surface area contributed by atoms with Gasteiger partial charge in [0.1, 0.15) is 5.82 Å². The number of carboxylic acids is 1. The number of aromatic amines is 1. The lowest BCUT2D eigenvalue weighted by molar-refractivity contribution is -0.144. The van der Waals surface area contributed by atoms with Gasteiger partial charge in [0.15, 0.2) is 6.04 Å². The summed E-state index contributed by atoms with van der Waals surface area (Å²) in [6.07, 6.45) is 0. The van der Waals surface area contributed by atoms with Gasteiger partial charge in [-0.05, 0) is 27.7 Å². The number of nitrogens with zero attached hydrogens (tertiary/aromatic N) is 3. The Bertz CT molecular complexity index is 476. The zero-order chi connectivity index (χ0) is 14.9. The zero-order valence-corrected chi connectivity index (χ0v) is 12.7. The Morgan fingerprint density at radius 2 is 1.75 bits per heavy atom. The fraction of sp³-hybridized carbons (Fsp3) is 0.714. The van der Waals surface area contributed by atoms with E-state index in [9.17, 15) is 9.90 Å². The molecule has 0 radical (unpaired) electrons. The average Bonchev–Trinajstić information content (AvgIpc) is 2.69. The van der Waals surface area contributed by atoms with E-state index in [0.717, 1.165) is 37.7 Å². The summed E-state index contributed by atoms with van der Waals surface area (Å²) in [5.41, 5.74) is 1.49. The van der Waals surface area contributed by atoms with Crippen LogP contribution in [-0.2, 0) is 4.79 Å². The van der Waals surface area contributed by atoms with E-state index in [0.29, 0.717) is 11.7 Å². The maximum absolute atomic E-state index is 11.7. The lowest BCUT2D eigenvalue weighted by Crippen LogP contribution is -2.51. The Balaban J connectivity index is 2.15. The van der Waals surface area contributed by atoms with Crippen molar-refractivity contribution < 1.29 is 9.90 Å². The lowest BCUT2D eigenvalue weighted by atomic mass is 10.1. The van der Waals surface area contributed by atoms with Crippen molar-refractivity contribution in [2.24, 2.45) is 0 Å². The van der Waals surface area contributed by atoms with E-state index in [2.05, 4.69) is 28.7 Å². The van der Waals surface area contributed by atoms with Gasteiger partial charge in [-0.25, -0.2) is 4.98 Å². The van der Waals surface area contributed by atoms with Gasteiger partial charge in [0.25, 0.3) is 0 Å². The molecule has 0 bridgehead atoms. The van der Waals surface area contributed by atoms with E-state index in [-0.39, 0.29) is 0 Å². The van der Waals surface area contributed by atoms with E-state index in [1.54, 1.807) is 0 Å². The van der Waals surface area contributed by atoms with E-state index in [4.69, 9.17) is 0 Å². The SMILES string of the molecule is Cc1nc(C(C(=O)O)N2CCN(C(C)C)CC2)c(C)[nH]1. The van der Waals surface area contributed by atoms with Crippen LogP contribution >= 0.6 is 0 Å². The van der Waals surface area contributed by atoms with Gasteiger partial charge >= 0.3 is 5.97 Å². The molecule has 2 N–H and O–H groups in total. The number of carbonyl (C=O) groups is 1. The number of hydrogen-bond acceptors (Lipinski definition) is 4. The van der Waals surface area contributed by atoms with Crippen molar-refractivity contribution in [3.63, 3.8) is 0 Å². The Morgan fingerprint density at radius 1 is 1.20 bits per heavy atom. The van der Waals surface area contributed by atoms with Crippen molar-refractivity contribution in [1.82, 2.24) is 19.8 Å². The highest BCUT2D eigenvalue weighted by Gasteiger charge is 2.33. The molecule has 0 aliphatic carbocycles. The molecule has 1 aliphatic rings. The first kappa shape index (κ1) is 15.0. The number of rotatable bonds is 4. The van der Waals surface area contributed by atoms with Gasteiger partial charge in [-0.3, -0.25) is 14.6 Å². The van der Waals surface area contributed by atoms with Gasteiger partial charge in [-0.15, -0.1) is 0 Å². The third kappa shape index (κ3) is 3.02. The number of imidazole rings is 1. The molecule has 1 aromatic heterocycles. The largest absolute Gasteiger partial charge is 0.480 e. The fourth-order valence-corrected chi connectivity index (χ4v) is 2.85. The van der Waals surface area contributed by atoms with Gasteiger partial charge < -0.3 is 10.1 Å². The highest BCUT2D eigenvalue weighted by Crippen LogP contribution is 2.24. The molecule has 0 amide bonds. The fourth-order valence-electron chi connectivity index (χ4n) is 2.85. The van der Waals surface area contributed by atoms with E-state index in [1.807, 2.05) is 18.7 Å². The van der Waals surface area contributed by atoms with Crippen LogP contribution < -0.4 is 0 Å². The second-order valence-electron chi connectivity index (χ2n) is 5.74. The molecule has 1 unspecified atom stereocenters. The summed E-state index contributed by atoms with van der Waals surface area (Å²) in [4.78, 5) is 23.5. The Morgan fingerprint density at radius 3 is 2.15 bits per heavy atom. The van der Waals surface area contributed by atoms with Crippen LogP contribution in [0.5, 0.6) is 0 Å². The molecule has 112 valence electrons. The first-order valence-corrected chi connectivity index (χ1v) is 7.14. The van der Waals surface area contributed by atoms with Gasteiger partial charge in [0.05, 0.1) is 5.69 Å². The molecule has 1 atom stereocenters. The molecule has 1 aliphatic heterocycles. The number of nitrogens with one attached hydrogen (secondary N) is 1. The summed E-state index contributed by atoms with van der Waals surface area (Å²) in [7, 11) is 0. The highest BCUT2D eigenvalue weighted by atomic mass is 16.4. The van der Waals surface area contributed by atoms with Gasteiger partial charge in [-0.1, -0.05) is 0 Å². The standard InChI is InChI=1S/C14H24N4O2/c1-9(2)17-5-7-18(8-6-17)13(14(19)20)12-10(3)15-11(4)16-12/h9,13H,5-8H2,1-4H3,(H,15,16)(H,19,20). The van der Waals surface area contributed by atoms with Crippen molar-refractivity contribution in [2.75, 3.05) is 26.2 Å². The molecule has 6 heteroatoms. The third-order valence-electron chi connectivity index (χ3n) is 3.98. The number of piperazine rings is 1. The molecular weight excluding hydrogens is 256 g/mol. The van der Waals surface area contributed by atoms with Crippen molar-refractivity contribution >= 4 is 5.97 Å². The summed E-state index contributed by atoms with van der Waals surface area (Å²) < 4.78 is 0. The number of H-pyrrole nitrogens is 1. The number of aliphatic carboxylic acids is 1. The van der Waals surface area contributed by atoms with E-state index < -0.39 is 12.0 Å². The second kappa shape index (κ2) is 5.93. The molecule has 0 aromatic carbocycles. The minimum absolute atomic E-state index is 0.509. The molecule has 0 saturated carbocycles. The van der Waals surface area contributed by atoms with Crippen LogP contribution in [0, 0.1) is 13.8 Å². The summed E-state index contributed by atoms with van der Waals surface area (Å²) in [6.45, 7) is 11.4. The maximum atomic E-state index is 11.7. The molecule has 0 spiro atoms. The van der Waals surface area contributed by atoms with Crippen LogP contribution in [0.25, 0.3) is 0 Å². The Kier molecular flexibility index (Phi) is 4.45. The van der Waals surface area contributed by atoms with Crippen LogP contribution in [0.2, 0.25) is 0 Å². The summed E-state index contributed by atoms with van der Waals surface area (Å²) >= 11 is 0. The first-order chi connectivity index (χ1) is 9.40. The predicted molar refractivity (Wildman–Crippen MR) is 76.7 cm³/mol. The van der Waals surface area contributed by atoms with Crippen molar-refractivity contribution in [2.45, 2.75) is 39.8 Å². The second-order valence-corrected chi connectivity index (χ2v) is 5.74. The highest BCUT2D eigenvalue weighted by molar-refractivity contribution is 5.75. The number of hydrogen-bond donors (Lipinski definition) is 2. The topological polar surface area (TPSA) is 72.5 Å². The van der Waals surface area contributed by atoms with Crippen LogP contribution in [0.1, 0.15) is 37.1 Å². The monoisotopic (exact) mass is 280 g/mol. The molecule has 20 heavy (non-hydrogen) atoms. The number of carboxylic acid groups (broad SMARTS) is 1. The Labute approximate surface area is 119 Å². The quantitative estimate of drug-likeness (QED) is 0.866. The van der Waals surface area contributed by atoms with Gasteiger partial charge in [-0.2, -0.15) is 0 Å². The van der Waals surface area contributed by atoms with Crippen molar-refractivity contribution in [3.8, 4) is 0 Å². The first-order valence-electron chi connectivity index (χ1n) is 7.14. The van der Waals surface area contributed by atoms with Crippen LogP contribution in [0.15, 0.2) is 0 Å². The van der Waals surface area contributed by atoms with E-state index in [1.165, 1.54) is 0 Å². The van der Waals surface area contributed by atoms with Gasteiger partial charge in [0, 0.05) is 37.9 Å². The smallest absolute Gasteiger partial charge is 0.327 e. The van der Waals surface area contributed by atoms with Crippen LogP contribution in [0.3, 0.4) is 0 Å². The minimum Gasteiger partial charge on any atom is -0.480 e. The average molecular weight is 280 g/mol. The lowest BCUT2D eigenvalue weighted by Gasteiger charge is -2.39. The molecule has 6 nitrogen and oxygen atoms in total. The summed E-state index contributed by atoms with van der Waals surface area (Å²) in [6, 6.07) is -0.135. The molecule has 1 saturated heterocycles. The molecular formula is C14H24N4O2. The number of aromatic nitrogens is 2. The minimum atomic E-state index is -0.822. The molecule has 2 rings (SSSR count). The normalized spacial score (nSPS) is 19.4. The zero-order valence-electron chi connectivity index (χ0n) is 12.7. The van der Waals surface area contributed by atoms with Crippen LogP contribution in [-0.4, -0.2) is 63.1 Å². The molecule has 1 fully saturated rings. The van der Waals surface area contributed by atoms with Crippen molar-refractivity contribution in [1.29, 1.82) is 0 Å². The van der Waals surface area contributed by atoms with E-state index >= 15 is 0 Å². The van der Waals surface area contributed by atoms with Gasteiger partial charge in [0.2, 0.25) is 0 Å². The third-order valence-corrected chi connectivity index (χ3v) is 3.98. The Hall–Kier alpha value is -1.40. The van der Waals surface area contributed by atoms with Crippen LogP contribution in [0.4, 0.5) is 0 Å². The number of aryl methyl sites for hydroxylation is 2. The van der Waals surface area contributed by atoms with Crippen molar-refractivity contribution in [3.05, 3.63) is 17.2 Å². The summed E-state index contributed by atoms with van der Waals surface area (Å²) in [5, 5.41) is 9.58. The summed E-state index contributed by atoms with van der Waals surface area (Å²) in [5.74, 6) is -0.0536. The maximum Gasteiger partial charge on any atom is 0.327 e. The predicted octanol–water partition coefficient (Wildman–Crippen LogP) is 1.18. The molecule has 1 aromatic rings.